The van der Waals surface area contributed by atoms with Gasteiger partial charge in [-0.05, 0) is 74.4 Å². The molecule has 208 valence electrons. The van der Waals surface area contributed by atoms with Crippen molar-refractivity contribution in [2.24, 2.45) is 5.41 Å². The molecule has 1 amide bonds. The van der Waals surface area contributed by atoms with Gasteiger partial charge in [0.25, 0.3) is 0 Å². The minimum atomic E-state index is -0.363. The number of benzene rings is 2. The molecule has 2 aromatic rings. The number of piperazine rings is 1. The Morgan fingerprint density at radius 2 is 1.87 bits per heavy atom. The predicted molar refractivity (Wildman–Crippen MR) is 156 cm³/mol. The number of carbonyl (C=O) groups excluding carboxylic acids is 1. The summed E-state index contributed by atoms with van der Waals surface area (Å²) in [6.45, 7) is 14.5. The van der Waals surface area contributed by atoms with E-state index in [0.29, 0.717) is 30.3 Å². The van der Waals surface area contributed by atoms with E-state index >= 15 is 0 Å². The minimum Gasteiger partial charge on any atom is -0.495 e. The lowest BCUT2D eigenvalue weighted by Crippen LogP contribution is -2.56. The van der Waals surface area contributed by atoms with Crippen molar-refractivity contribution in [3.8, 4) is 11.5 Å². The maximum Gasteiger partial charge on any atom is 0.225 e. The molecule has 2 atom stereocenters. The van der Waals surface area contributed by atoms with Crippen molar-refractivity contribution in [1.29, 1.82) is 0 Å². The second-order valence-electron chi connectivity index (χ2n) is 11.7. The number of hydrogen-bond donors (Lipinski definition) is 1. The third kappa shape index (κ3) is 6.40. The Kier molecular flexibility index (Phi) is 9.15. The minimum absolute atomic E-state index is 0.0772. The summed E-state index contributed by atoms with van der Waals surface area (Å²) >= 11 is 6.26. The molecule has 2 fully saturated rings. The highest BCUT2D eigenvalue weighted by Gasteiger charge is 2.36. The Morgan fingerprint density at radius 3 is 2.61 bits per heavy atom. The topological polar surface area (TPSA) is 54.0 Å². The largest absolute Gasteiger partial charge is 0.495 e. The molecular weight excluding hydrogens is 498 g/mol. The summed E-state index contributed by atoms with van der Waals surface area (Å²) in [6.07, 6.45) is 4.44. The van der Waals surface area contributed by atoms with Gasteiger partial charge in [0.2, 0.25) is 5.91 Å². The van der Waals surface area contributed by atoms with Crippen LogP contribution in [0.4, 0.5) is 5.69 Å². The van der Waals surface area contributed by atoms with E-state index in [1.807, 2.05) is 26.8 Å². The van der Waals surface area contributed by atoms with Gasteiger partial charge in [0.15, 0.2) is 0 Å². The van der Waals surface area contributed by atoms with E-state index in [-0.39, 0.29) is 11.3 Å². The first-order valence-corrected chi connectivity index (χ1v) is 14.3. The zero-order valence-electron chi connectivity index (χ0n) is 23.9. The first-order chi connectivity index (χ1) is 18.1. The summed E-state index contributed by atoms with van der Waals surface area (Å²) in [4.78, 5) is 17.2. The van der Waals surface area contributed by atoms with Crippen LogP contribution in [-0.4, -0.2) is 56.7 Å². The summed E-state index contributed by atoms with van der Waals surface area (Å²) in [7, 11) is 1.67. The molecule has 0 saturated carbocycles. The molecule has 0 aromatic heterocycles. The van der Waals surface area contributed by atoms with E-state index in [9.17, 15) is 4.79 Å². The number of hydrogen-bond acceptors (Lipinski definition) is 5. The Morgan fingerprint density at radius 1 is 1.08 bits per heavy atom. The smallest absolute Gasteiger partial charge is 0.225 e. The van der Waals surface area contributed by atoms with Gasteiger partial charge >= 0.3 is 0 Å². The third-order valence-electron chi connectivity index (χ3n) is 8.13. The molecule has 0 radical (unpaired) electrons. The molecule has 0 spiro atoms. The molecule has 4 rings (SSSR count). The number of carbonyl (C=O) groups is 1. The number of amides is 1. The normalized spacial score (nSPS) is 20.1. The number of nitrogens with zero attached hydrogens (tertiary/aromatic N) is 2. The molecule has 2 heterocycles. The monoisotopic (exact) mass is 541 g/mol. The summed E-state index contributed by atoms with van der Waals surface area (Å²) in [5.41, 5.74) is 4.80. The van der Waals surface area contributed by atoms with E-state index < -0.39 is 0 Å². The van der Waals surface area contributed by atoms with E-state index in [2.05, 4.69) is 53.2 Å². The summed E-state index contributed by atoms with van der Waals surface area (Å²) in [5.74, 6) is 1.76. The molecule has 2 aliphatic rings. The van der Waals surface area contributed by atoms with Crippen LogP contribution in [-0.2, 0) is 4.79 Å². The fourth-order valence-corrected chi connectivity index (χ4v) is 5.91. The number of nitrogens with one attached hydrogen (secondary N) is 1. The average molecular weight is 542 g/mol. The second-order valence-corrected chi connectivity index (χ2v) is 12.1. The SMILES string of the molecule is COc1cc(N2CCN3C(CCC[C@@H]3c3ccc(OCCCNC(=O)C(C)(C)C)c(C)c3C)C2)ccc1Cl. The third-order valence-corrected chi connectivity index (χ3v) is 8.44. The van der Waals surface area contributed by atoms with Crippen LogP contribution in [0.1, 0.15) is 69.2 Å². The van der Waals surface area contributed by atoms with Gasteiger partial charge in [-0.25, -0.2) is 0 Å². The maximum absolute atomic E-state index is 12.0. The van der Waals surface area contributed by atoms with Gasteiger partial charge in [-0.15, -0.1) is 0 Å². The Bertz CT molecular complexity index is 1130. The van der Waals surface area contributed by atoms with E-state index in [1.165, 1.54) is 41.6 Å². The standard InChI is InChI=1S/C31H44ClN3O3/c1-21-22(2)28(38-18-8-15-33-30(36)31(3,4)5)14-12-25(21)27-10-7-9-24-20-34(16-17-35(24)27)23-11-13-26(32)29(19-23)37-6/h11-14,19,24,27H,7-10,15-18,20H2,1-6H3,(H,33,36)/t24?,27-/m1/s1. The predicted octanol–water partition coefficient (Wildman–Crippen LogP) is 6.31. The van der Waals surface area contributed by atoms with Crippen LogP contribution in [0.25, 0.3) is 0 Å². The maximum atomic E-state index is 12.0. The van der Waals surface area contributed by atoms with Crippen LogP contribution in [0.2, 0.25) is 5.02 Å². The highest BCUT2D eigenvalue weighted by atomic mass is 35.5. The molecule has 6 nitrogen and oxygen atoms in total. The Labute approximate surface area is 233 Å². The van der Waals surface area contributed by atoms with Crippen LogP contribution in [0.3, 0.4) is 0 Å². The number of piperidine rings is 1. The highest BCUT2D eigenvalue weighted by molar-refractivity contribution is 6.32. The van der Waals surface area contributed by atoms with Crippen molar-refractivity contribution in [3.05, 3.63) is 52.0 Å². The first kappa shape index (κ1) is 28.6. The van der Waals surface area contributed by atoms with Crippen LogP contribution < -0.4 is 19.7 Å². The second kappa shape index (κ2) is 12.2. The van der Waals surface area contributed by atoms with Gasteiger partial charge in [0.05, 0.1) is 18.7 Å². The highest BCUT2D eigenvalue weighted by Crippen LogP contribution is 2.40. The van der Waals surface area contributed by atoms with E-state index in [1.54, 1.807) is 7.11 Å². The molecule has 2 aromatic carbocycles. The van der Waals surface area contributed by atoms with Gasteiger partial charge in [0, 0.05) is 55.4 Å². The van der Waals surface area contributed by atoms with Crippen LogP contribution in [0.15, 0.2) is 30.3 Å². The van der Waals surface area contributed by atoms with E-state index in [0.717, 1.165) is 37.6 Å². The number of rotatable bonds is 8. The number of methoxy groups -OCH3 is 1. The van der Waals surface area contributed by atoms with Crippen molar-refractivity contribution < 1.29 is 14.3 Å². The quantitative estimate of drug-likeness (QED) is 0.397. The molecule has 0 bridgehead atoms. The fourth-order valence-electron chi connectivity index (χ4n) is 5.72. The number of halogens is 1. The lowest BCUT2D eigenvalue weighted by atomic mass is 9.86. The number of ether oxygens (including phenoxy) is 2. The molecular formula is C31H44ClN3O3. The van der Waals surface area contributed by atoms with Crippen molar-refractivity contribution in [1.82, 2.24) is 10.2 Å². The fraction of sp³-hybridized carbons (Fsp3) is 0.581. The Balaban J connectivity index is 1.38. The van der Waals surface area contributed by atoms with Gasteiger partial charge in [-0.3, -0.25) is 9.69 Å². The molecule has 1 N–H and O–H groups in total. The number of anilines is 1. The summed E-state index contributed by atoms with van der Waals surface area (Å²) in [6, 6.07) is 11.5. The molecule has 7 heteroatoms. The summed E-state index contributed by atoms with van der Waals surface area (Å²) in [5, 5.41) is 3.65. The molecule has 2 saturated heterocycles. The van der Waals surface area contributed by atoms with Crippen molar-refractivity contribution in [2.45, 2.75) is 72.4 Å². The van der Waals surface area contributed by atoms with Crippen molar-refractivity contribution in [3.63, 3.8) is 0 Å². The average Bonchev–Trinajstić information content (AvgIpc) is 2.90. The van der Waals surface area contributed by atoms with E-state index in [4.69, 9.17) is 21.1 Å². The Hall–Kier alpha value is -2.44. The van der Waals surface area contributed by atoms with Crippen molar-refractivity contribution in [2.75, 3.05) is 44.8 Å². The number of fused-ring (bicyclic) bond motifs is 1. The lowest BCUT2D eigenvalue weighted by molar-refractivity contribution is -0.128. The lowest BCUT2D eigenvalue weighted by Gasteiger charge is -2.49. The van der Waals surface area contributed by atoms with Gasteiger partial charge in [-0.1, -0.05) is 38.4 Å². The zero-order valence-corrected chi connectivity index (χ0v) is 24.7. The molecule has 38 heavy (non-hydrogen) atoms. The van der Waals surface area contributed by atoms with Crippen LogP contribution in [0, 0.1) is 19.3 Å². The molecule has 1 unspecified atom stereocenters. The van der Waals surface area contributed by atoms with Gasteiger partial charge in [-0.2, -0.15) is 0 Å². The van der Waals surface area contributed by atoms with Crippen molar-refractivity contribution >= 4 is 23.2 Å². The first-order valence-electron chi connectivity index (χ1n) is 14.0. The van der Waals surface area contributed by atoms with Crippen LogP contribution in [0.5, 0.6) is 11.5 Å². The molecule has 2 aliphatic heterocycles. The van der Waals surface area contributed by atoms with Gasteiger partial charge < -0.3 is 19.7 Å². The van der Waals surface area contributed by atoms with Crippen LogP contribution >= 0.6 is 11.6 Å². The summed E-state index contributed by atoms with van der Waals surface area (Å²) < 4.78 is 11.6. The molecule has 0 aliphatic carbocycles. The zero-order chi connectivity index (χ0) is 27.4. The van der Waals surface area contributed by atoms with Gasteiger partial charge in [0.1, 0.15) is 11.5 Å².